The second kappa shape index (κ2) is 4.91. The maximum absolute atomic E-state index is 11.1. The Hall–Kier alpha value is -2.17. The number of rotatable bonds is 2. The molecule has 5 heteroatoms. The van der Waals surface area contributed by atoms with Gasteiger partial charge < -0.3 is 10.2 Å². The number of nitrogens with zero attached hydrogens (tertiary/aromatic N) is 3. The van der Waals surface area contributed by atoms with Crippen LogP contribution < -0.4 is 10.2 Å². The maximum atomic E-state index is 11.1. The Morgan fingerprint density at radius 1 is 1.22 bits per heavy atom. The molecule has 2 aliphatic rings. The number of aryl methyl sites for hydroxylation is 2. The Bertz CT molecular complexity index is 787. The summed E-state index contributed by atoms with van der Waals surface area (Å²) >= 11 is 0. The van der Waals surface area contributed by atoms with Crippen molar-refractivity contribution in [3.05, 3.63) is 29.6 Å². The van der Waals surface area contributed by atoms with E-state index in [9.17, 15) is 4.79 Å². The Morgan fingerprint density at radius 3 is 2.61 bits per heavy atom. The molecule has 1 aromatic heterocycles. The van der Waals surface area contributed by atoms with E-state index in [-0.39, 0.29) is 5.91 Å². The molecule has 1 aliphatic carbocycles. The van der Waals surface area contributed by atoms with Crippen molar-refractivity contribution in [1.82, 2.24) is 15.3 Å². The second-order valence-corrected chi connectivity index (χ2v) is 7.31. The Kier molecular flexibility index (Phi) is 3.08. The SMILES string of the molecule is CC(=O)NC1CC2(C1)CN(c1ncnc3cc(C)c(C)cc13)C2. The zero-order valence-electron chi connectivity index (χ0n) is 13.9. The van der Waals surface area contributed by atoms with Gasteiger partial charge in [-0.1, -0.05) is 0 Å². The summed E-state index contributed by atoms with van der Waals surface area (Å²) in [6.07, 6.45) is 3.84. The van der Waals surface area contributed by atoms with E-state index in [2.05, 4.69) is 46.2 Å². The van der Waals surface area contributed by atoms with Gasteiger partial charge in [-0.3, -0.25) is 4.79 Å². The van der Waals surface area contributed by atoms with Gasteiger partial charge in [0, 0.05) is 36.9 Å². The smallest absolute Gasteiger partial charge is 0.217 e. The number of aromatic nitrogens is 2. The van der Waals surface area contributed by atoms with Crippen LogP contribution >= 0.6 is 0 Å². The predicted octanol–water partition coefficient (Wildman–Crippen LogP) is 2.35. The molecule has 23 heavy (non-hydrogen) atoms. The summed E-state index contributed by atoms with van der Waals surface area (Å²) in [5.74, 6) is 1.13. The largest absolute Gasteiger partial charge is 0.355 e. The van der Waals surface area contributed by atoms with E-state index in [1.165, 1.54) is 11.1 Å². The first kappa shape index (κ1) is 14.4. The molecule has 4 rings (SSSR count). The number of carbonyl (C=O) groups excluding carboxylic acids is 1. The lowest BCUT2D eigenvalue weighted by molar-refractivity contribution is -0.121. The summed E-state index contributed by atoms with van der Waals surface area (Å²) in [5, 5.41) is 4.16. The molecule has 0 radical (unpaired) electrons. The third kappa shape index (κ3) is 2.35. The first-order valence-corrected chi connectivity index (χ1v) is 8.20. The van der Waals surface area contributed by atoms with Crippen molar-refractivity contribution in [2.75, 3.05) is 18.0 Å². The van der Waals surface area contributed by atoms with Gasteiger partial charge in [-0.05, 0) is 49.9 Å². The Morgan fingerprint density at radius 2 is 1.91 bits per heavy atom. The average molecular weight is 310 g/mol. The summed E-state index contributed by atoms with van der Waals surface area (Å²) in [4.78, 5) is 22.4. The molecule has 0 atom stereocenters. The van der Waals surface area contributed by atoms with Gasteiger partial charge >= 0.3 is 0 Å². The number of hydrogen-bond acceptors (Lipinski definition) is 4. The molecule has 2 heterocycles. The lowest BCUT2D eigenvalue weighted by Gasteiger charge is -2.59. The highest BCUT2D eigenvalue weighted by molar-refractivity contribution is 5.90. The van der Waals surface area contributed by atoms with E-state index < -0.39 is 0 Å². The van der Waals surface area contributed by atoms with Crippen LogP contribution in [0.25, 0.3) is 10.9 Å². The second-order valence-electron chi connectivity index (χ2n) is 7.31. The lowest BCUT2D eigenvalue weighted by Crippen LogP contribution is -2.66. The molecule has 1 saturated heterocycles. The first-order valence-electron chi connectivity index (χ1n) is 8.20. The number of carbonyl (C=O) groups is 1. The molecule has 1 aromatic carbocycles. The highest BCUT2D eigenvalue weighted by Crippen LogP contribution is 2.50. The van der Waals surface area contributed by atoms with Gasteiger partial charge in [-0.2, -0.15) is 0 Å². The van der Waals surface area contributed by atoms with Gasteiger partial charge in [0.1, 0.15) is 12.1 Å². The van der Waals surface area contributed by atoms with Gasteiger partial charge in [0.15, 0.2) is 0 Å². The number of fused-ring (bicyclic) bond motifs is 1. The van der Waals surface area contributed by atoms with Gasteiger partial charge in [-0.15, -0.1) is 0 Å². The van der Waals surface area contributed by atoms with Gasteiger partial charge in [-0.25, -0.2) is 9.97 Å². The zero-order valence-corrected chi connectivity index (χ0v) is 13.9. The molecule has 2 aromatic rings. The summed E-state index contributed by atoms with van der Waals surface area (Å²) in [7, 11) is 0. The molecule has 120 valence electrons. The number of anilines is 1. The van der Waals surface area contributed by atoms with Crippen molar-refractivity contribution in [3.63, 3.8) is 0 Å². The molecule has 0 bridgehead atoms. The normalized spacial score (nSPS) is 19.5. The van der Waals surface area contributed by atoms with Crippen LogP contribution in [-0.4, -0.2) is 35.0 Å². The van der Waals surface area contributed by atoms with E-state index in [4.69, 9.17) is 0 Å². The van der Waals surface area contributed by atoms with Crippen LogP contribution in [0.1, 0.15) is 30.9 Å². The molecule has 1 N–H and O–H groups in total. The zero-order chi connectivity index (χ0) is 16.2. The molecule has 1 saturated carbocycles. The predicted molar refractivity (Wildman–Crippen MR) is 90.5 cm³/mol. The Balaban J connectivity index is 1.52. The highest BCUT2D eigenvalue weighted by Gasteiger charge is 2.53. The fourth-order valence-electron chi connectivity index (χ4n) is 4.10. The third-order valence-electron chi connectivity index (χ3n) is 5.35. The van der Waals surface area contributed by atoms with E-state index >= 15 is 0 Å². The van der Waals surface area contributed by atoms with Crippen molar-refractivity contribution < 1.29 is 4.79 Å². The van der Waals surface area contributed by atoms with Crippen LogP contribution in [0, 0.1) is 19.3 Å². The molecule has 1 amide bonds. The number of amides is 1. The monoisotopic (exact) mass is 310 g/mol. The fraction of sp³-hybridized carbons (Fsp3) is 0.500. The minimum Gasteiger partial charge on any atom is -0.355 e. The summed E-state index contributed by atoms with van der Waals surface area (Å²) in [6.45, 7) is 7.90. The molecule has 1 spiro atoms. The average Bonchev–Trinajstić information content (AvgIpc) is 2.41. The minimum absolute atomic E-state index is 0.0775. The topological polar surface area (TPSA) is 58.1 Å². The Labute approximate surface area is 136 Å². The fourth-order valence-corrected chi connectivity index (χ4v) is 4.10. The molecule has 1 aliphatic heterocycles. The summed E-state index contributed by atoms with van der Waals surface area (Å²) in [6, 6.07) is 4.70. The van der Waals surface area contributed by atoms with E-state index in [0.29, 0.717) is 11.5 Å². The summed E-state index contributed by atoms with van der Waals surface area (Å²) < 4.78 is 0. The standard InChI is InChI=1S/C18H22N4O/c1-11-4-15-16(5-12(11)2)19-10-20-17(15)22-8-18(9-22)6-14(7-18)21-13(3)23/h4-5,10,14H,6-9H2,1-3H3,(H,21,23). The van der Waals surface area contributed by atoms with Crippen molar-refractivity contribution in [2.45, 2.75) is 39.7 Å². The van der Waals surface area contributed by atoms with Crippen molar-refractivity contribution >= 4 is 22.6 Å². The lowest BCUT2D eigenvalue weighted by atomic mass is 9.60. The molecule has 2 fully saturated rings. The van der Waals surface area contributed by atoms with Crippen molar-refractivity contribution in [1.29, 1.82) is 0 Å². The van der Waals surface area contributed by atoms with E-state index in [0.717, 1.165) is 42.7 Å². The molecular weight excluding hydrogens is 288 g/mol. The van der Waals surface area contributed by atoms with E-state index in [1.807, 2.05) is 0 Å². The number of hydrogen-bond donors (Lipinski definition) is 1. The van der Waals surface area contributed by atoms with Crippen LogP contribution in [0.4, 0.5) is 5.82 Å². The number of benzene rings is 1. The minimum atomic E-state index is 0.0775. The first-order chi connectivity index (χ1) is 11.0. The van der Waals surface area contributed by atoms with Crippen molar-refractivity contribution in [3.8, 4) is 0 Å². The molecular formula is C18H22N4O. The number of nitrogens with one attached hydrogen (secondary N) is 1. The quantitative estimate of drug-likeness (QED) is 0.925. The van der Waals surface area contributed by atoms with Gasteiger partial charge in [0.2, 0.25) is 5.91 Å². The van der Waals surface area contributed by atoms with Crippen LogP contribution in [0.5, 0.6) is 0 Å². The third-order valence-corrected chi connectivity index (χ3v) is 5.35. The van der Waals surface area contributed by atoms with Crippen LogP contribution in [-0.2, 0) is 4.79 Å². The van der Waals surface area contributed by atoms with Crippen molar-refractivity contribution in [2.24, 2.45) is 5.41 Å². The molecule has 0 unspecified atom stereocenters. The van der Waals surface area contributed by atoms with Crippen LogP contribution in [0.3, 0.4) is 0 Å². The van der Waals surface area contributed by atoms with Crippen LogP contribution in [0.2, 0.25) is 0 Å². The van der Waals surface area contributed by atoms with E-state index in [1.54, 1.807) is 13.3 Å². The highest BCUT2D eigenvalue weighted by atomic mass is 16.1. The summed E-state index contributed by atoms with van der Waals surface area (Å²) in [5.41, 5.74) is 3.94. The van der Waals surface area contributed by atoms with Crippen LogP contribution in [0.15, 0.2) is 18.5 Å². The van der Waals surface area contributed by atoms with Gasteiger partial charge in [0.05, 0.1) is 5.52 Å². The van der Waals surface area contributed by atoms with Gasteiger partial charge in [0.25, 0.3) is 0 Å². The molecule has 5 nitrogen and oxygen atoms in total. The maximum Gasteiger partial charge on any atom is 0.217 e.